The van der Waals surface area contributed by atoms with E-state index in [2.05, 4.69) is 0 Å². The van der Waals surface area contributed by atoms with Crippen molar-refractivity contribution in [2.24, 2.45) is 5.73 Å². The van der Waals surface area contributed by atoms with Gasteiger partial charge in [-0.05, 0) is 25.7 Å². The smallest absolute Gasteiger partial charge is 0.305 e. The zero-order chi connectivity index (χ0) is 10.6. The summed E-state index contributed by atoms with van der Waals surface area (Å²) in [6, 6.07) is 0. The molecule has 1 aliphatic rings. The molecule has 0 unspecified atom stereocenters. The third-order valence-corrected chi connectivity index (χ3v) is 2.83. The fourth-order valence-electron chi connectivity index (χ4n) is 1.72. The van der Waals surface area contributed by atoms with Gasteiger partial charge in [0.15, 0.2) is 0 Å². The van der Waals surface area contributed by atoms with Crippen LogP contribution in [0, 0.1) is 0 Å². The molecule has 4 heteroatoms. The van der Waals surface area contributed by atoms with Gasteiger partial charge in [-0.25, -0.2) is 0 Å². The number of ether oxygens (including phenoxy) is 1. The van der Waals surface area contributed by atoms with Crippen LogP contribution < -0.4 is 5.73 Å². The molecule has 0 radical (unpaired) electrons. The zero-order valence-corrected chi connectivity index (χ0v) is 8.66. The standard InChI is InChI=1S/C10H19NO3/c1-2-9(12)14-8-3-5-10(13,7-11)6-4-8/h8,13H,2-7,11H2,1H3. The molecule has 0 aromatic heterocycles. The molecule has 1 rings (SSSR count). The molecule has 1 saturated carbocycles. The summed E-state index contributed by atoms with van der Waals surface area (Å²) in [7, 11) is 0. The Balaban J connectivity index is 2.32. The van der Waals surface area contributed by atoms with Gasteiger partial charge in [0.2, 0.25) is 0 Å². The molecular formula is C10H19NO3. The zero-order valence-electron chi connectivity index (χ0n) is 8.66. The van der Waals surface area contributed by atoms with E-state index in [-0.39, 0.29) is 12.1 Å². The molecule has 14 heavy (non-hydrogen) atoms. The molecule has 1 fully saturated rings. The highest BCUT2D eigenvalue weighted by Gasteiger charge is 2.33. The lowest BCUT2D eigenvalue weighted by atomic mass is 9.83. The number of esters is 1. The van der Waals surface area contributed by atoms with E-state index in [0.29, 0.717) is 25.8 Å². The van der Waals surface area contributed by atoms with E-state index in [1.165, 1.54) is 0 Å². The van der Waals surface area contributed by atoms with E-state index in [0.717, 1.165) is 12.8 Å². The first-order valence-corrected chi connectivity index (χ1v) is 5.21. The second kappa shape index (κ2) is 4.75. The van der Waals surface area contributed by atoms with E-state index in [1.807, 2.05) is 0 Å². The third-order valence-electron chi connectivity index (χ3n) is 2.83. The van der Waals surface area contributed by atoms with Crippen LogP contribution in [0.5, 0.6) is 0 Å². The molecule has 0 atom stereocenters. The third kappa shape index (κ3) is 2.96. The molecule has 4 nitrogen and oxygen atoms in total. The quantitative estimate of drug-likeness (QED) is 0.655. The van der Waals surface area contributed by atoms with E-state index in [1.54, 1.807) is 6.92 Å². The average molecular weight is 201 g/mol. The normalized spacial score (nSPS) is 32.6. The summed E-state index contributed by atoms with van der Waals surface area (Å²) < 4.78 is 5.19. The fraction of sp³-hybridized carbons (Fsp3) is 0.900. The molecule has 82 valence electrons. The monoisotopic (exact) mass is 201 g/mol. The minimum atomic E-state index is -0.727. The van der Waals surface area contributed by atoms with Crippen molar-refractivity contribution in [2.75, 3.05) is 6.54 Å². The molecular weight excluding hydrogens is 182 g/mol. The Labute approximate surface area is 84.4 Å². The first kappa shape index (κ1) is 11.5. The van der Waals surface area contributed by atoms with Gasteiger partial charge in [0.05, 0.1) is 5.60 Å². The number of rotatable bonds is 3. The van der Waals surface area contributed by atoms with Crippen LogP contribution in [0.15, 0.2) is 0 Å². The Bertz CT molecular complexity index is 198. The van der Waals surface area contributed by atoms with E-state index in [9.17, 15) is 9.90 Å². The van der Waals surface area contributed by atoms with Gasteiger partial charge >= 0.3 is 5.97 Å². The Hall–Kier alpha value is -0.610. The van der Waals surface area contributed by atoms with Crippen LogP contribution in [-0.2, 0) is 9.53 Å². The van der Waals surface area contributed by atoms with Crippen molar-refractivity contribution in [2.45, 2.75) is 50.7 Å². The van der Waals surface area contributed by atoms with Gasteiger partial charge < -0.3 is 15.6 Å². The first-order valence-electron chi connectivity index (χ1n) is 5.21. The van der Waals surface area contributed by atoms with Crippen LogP contribution in [0.2, 0.25) is 0 Å². The molecule has 0 aliphatic heterocycles. The summed E-state index contributed by atoms with van der Waals surface area (Å²) in [6.07, 6.45) is 3.10. The van der Waals surface area contributed by atoms with Crippen molar-refractivity contribution >= 4 is 5.97 Å². The number of hydrogen-bond donors (Lipinski definition) is 2. The number of nitrogens with two attached hydrogens (primary N) is 1. The Kier molecular flexibility index (Phi) is 3.89. The van der Waals surface area contributed by atoms with E-state index >= 15 is 0 Å². The summed E-state index contributed by atoms with van der Waals surface area (Å²) in [5.74, 6) is -0.159. The largest absolute Gasteiger partial charge is 0.462 e. The molecule has 0 bridgehead atoms. The van der Waals surface area contributed by atoms with E-state index < -0.39 is 5.60 Å². The topological polar surface area (TPSA) is 72.5 Å². The van der Waals surface area contributed by atoms with Crippen molar-refractivity contribution in [3.63, 3.8) is 0 Å². The summed E-state index contributed by atoms with van der Waals surface area (Å²) in [5.41, 5.74) is 4.73. The minimum Gasteiger partial charge on any atom is -0.462 e. The number of hydrogen-bond acceptors (Lipinski definition) is 4. The van der Waals surface area contributed by atoms with Gasteiger partial charge in [0.25, 0.3) is 0 Å². The Morgan fingerprint density at radius 3 is 2.57 bits per heavy atom. The highest BCUT2D eigenvalue weighted by atomic mass is 16.5. The second-order valence-corrected chi connectivity index (χ2v) is 3.97. The van der Waals surface area contributed by atoms with Gasteiger partial charge in [-0.15, -0.1) is 0 Å². The van der Waals surface area contributed by atoms with Gasteiger partial charge in [0.1, 0.15) is 6.10 Å². The van der Waals surface area contributed by atoms with Crippen molar-refractivity contribution in [1.82, 2.24) is 0 Å². The summed E-state index contributed by atoms with van der Waals surface area (Å²) in [4.78, 5) is 11.0. The highest BCUT2D eigenvalue weighted by molar-refractivity contribution is 5.69. The summed E-state index contributed by atoms with van der Waals surface area (Å²) >= 11 is 0. The van der Waals surface area contributed by atoms with Crippen LogP contribution in [0.1, 0.15) is 39.0 Å². The average Bonchev–Trinajstić information content (AvgIpc) is 2.21. The molecule has 0 amide bonds. The lowest BCUT2D eigenvalue weighted by molar-refractivity contribution is -0.152. The maximum absolute atomic E-state index is 11.0. The van der Waals surface area contributed by atoms with Crippen molar-refractivity contribution in [3.05, 3.63) is 0 Å². The lowest BCUT2D eigenvalue weighted by Gasteiger charge is -2.34. The van der Waals surface area contributed by atoms with Gasteiger partial charge in [-0.1, -0.05) is 6.92 Å². The van der Waals surface area contributed by atoms with Crippen molar-refractivity contribution in [3.8, 4) is 0 Å². The highest BCUT2D eigenvalue weighted by Crippen LogP contribution is 2.29. The molecule has 3 N–H and O–H groups in total. The lowest BCUT2D eigenvalue weighted by Crippen LogP contribution is -2.43. The second-order valence-electron chi connectivity index (χ2n) is 3.97. The maximum Gasteiger partial charge on any atom is 0.305 e. The predicted molar refractivity (Wildman–Crippen MR) is 52.6 cm³/mol. The molecule has 1 aliphatic carbocycles. The summed E-state index contributed by atoms with van der Waals surface area (Å²) in [6.45, 7) is 2.07. The number of carbonyl (C=O) groups excluding carboxylic acids is 1. The Morgan fingerprint density at radius 2 is 2.14 bits per heavy atom. The van der Waals surface area contributed by atoms with Crippen LogP contribution in [0.3, 0.4) is 0 Å². The van der Waals surface area contributed by atoms with Crippen LogP contribution in [0.4, 0.5) is 0 Å². The van der Waals surface area contributed by atoms with E-state index in [4.69, 9.17) is 10.5 Å². The Morgan fingerprint density at radius 1 is 1.57 bits per heavy atom. The molecule has 0 aromatic rings. The summed E-state index contributed by atoms with van der Waals surface area (Å²) in [5, 5.41) is 9.82. The maximum atomic E-state index is 11.0. The van der Waals surface area contributed by atoms with Crippen LogP contribution in [0.25, 0.3) is 0 Å². The molecule has 0 aromatic carbocycles. The predicted octanol–water partition coefficient (Wildman–Crippen LogP) is 0.572. The van der Waals surface area contributed by atoms with Gasteiger partial charge in [0, 0.05) is 13.0 Å². The van der Waals surface area contributed by atoms with Crippen LogP contribution in [-0.4, -0.2) is 29.3 Å². The van der Waals surface area contributed by atoms with Gasteiger partial charge in [-0.3, -0.25) is 4.79 Å². The fourth-order valence-corrected chi connectivity index (χ4v) is 1.72. The number of carbonyl (C=O) groups is 1. The van der Waals surface area contributed by atoms with Crippen LogP contribution >= 0.6 is 0 Å². The minimum absolute atomic E-state index is 0.0192. The molecule has 0 heterocycles. The SMILES string of the molecule is CCC(=O)OC1CCC(O)(CN)CC1. The number of aliphatic hydroxyl groups is 1. The van der Waals surface area contributed by atoms with Gasteiger partial charge in [-0.2, -0.15) is 0 Å². The molecule has 0 spiro atoms. The first-order chi connectivity index (χ1) is 6.59. The van der Waals surface area contributed by atoms with Crippen molar-refractivity contribution in [1.29, 1.82) is 0 Å². The van der Waals surface area contributed by atoms with Crippen molar-refractivity contribution < 1.29 is 14.6 Å². The molecule has 0 saturated heterocycles.